The minimum Gasteiger partial charge on any atom is -0.368 e. The number of aryl methyl sites for hydroxylation is 1. The van der Waals surface area contributed by atoms with Crippen LogP contribution < -0.4 is 10.2 Å². The van der Waals surface area contributed by atoms with Crippen LogP contribution in [0.2, 0.25) is 0 Å². The summed E-state index contributed by atoms with van der Waals surface area (Å²) in [5, 5.41) is 4.68. The molecule has 1 saturated heterocycles. The van der Waals surface area contributed by atoms with Crippen molar-refractivity contribution in [2.24, 2.45) is 0 Å². The predicted molar refractivity (Wildman–Crippen MR) is 78.7 cm³/mol. The molecule has 3 rings (SSSR count). The zero-order valence-electron chi connectivity index (χ0n) is 10.8. The van der Waals surface area contributed by atoms with E-state index in [2.05, 4.69) is 35.3 Å². The van der Waals surface area contributed by atoms with Gasteiger partial charge in [-0.15, -0.1) is 11.3 Å². The third kappa shape index (κ3) is 2.22. The Bertz CT molecular complexity index is 529. The SMILES string of the molecule is CCCc1nc2cccc(N3CCNCC3)c2s1. The summed E-state index contributed by atoms with van der Waals surface area (Å²) in [5.41, 5.74) is 2.54. The molecule has 0 bridgehead atoms. The monoisotopic (exact) mass is 261 g/mol. The first-order chi connectivity index (χ1) is 8.88. The molecule has 0 radical (unpaired) electrons. The fourth-order valence-electron chi connectivity index (χ4n) is 2.46. The van der Waals surface area contributed by atoms with Crippen molar-refractivity contribution in [3.05, 3.63) is 23.2 Å². The Morgan fingerprint density at radius 3 is 2.94 bits per heavy atom. The second-order valence-electron chi connectivity index (χ2n) is 4.72. The van der Waals surface area contributed by atoms with Gasteiger partial charge in [-0.2, -0.15) is 0 Å². The van der Waals surface area contributed by atoms with Gasteiger partial charge in [0.2, 0.25) is 0 Å². The lowest BCUT2D eigenvalue weighted by Crippen LogP contribution is -2.43. The molecule has 0 atom stereocenters. The molecule has 1 fully saturated rings. The molecule has 0 unspecified atom stereocenters. The van der Waals surface area contributed by atoms with Crippen LogP contribution in [0.1, 0.15) is 18.4 Å². The van der Waals surface area contributed by atoms with Crippen LogP contribution in [0.15, 0.2) is 18.2 Å². The zero-order valence-corrected chi connectivity index (χ0v) is 11.6. The van der Waals surface area contributed by atoms with E-state index in [4.69, 9.17) is 4.98 Å². The number of benzene rings is 1. The predicted octanol–water partition coefficient (Wildman–Crippen LogP) is 2.66. The molecule has 2 aromatic rings. The Hall–Kier alpha value is -1.13. The van der Waals surface area contributed by atoms with Gasteiger partial charge in [0, 0.05) is 26.2 Å². The Morgan fingerprint density at radius 2 is 2.17 bits per heavy atom. The molecule has 1 aliphatic rings. The van der Waals surface area contributed by atoms with E-state index in [0.717, 1.165) is 32.6 Å². The summed E-state index contributed by atoms with van der Waals surface area (Å²) < 4.78 is 1.36. The Labute approximate surface area is 112 Å². The topological polar surface area (TPSA) is 28.2 Å². The number of piperazine rings is 1. The van der Waals surface area contributed by atoms with Crippen LogP contribution in [0.25, 0.3) is 10.2 Å². The van der Waals surface area contributed by atoms with E-state index in [9.17, 15) is 0 Å². The number of thiazole rings is 1. The van der Waals surface area contributed by atoms with Crippen molar-refractivity contribution in [1.82, 2.24) is 10.3 Å². The molecule has 0 amide bonds. The largest absolute Gasteiger partial charge is 0.368 e. The van der Waals surface area contributed by atoms with Gasteiger partial charge in [0.1, 0.15) is 0 Å². The van der Waals surface area contributed by atoms with Crippen molar-refractivity contribution < 1.29 is 0 Å². The first-order valence-corrected chi connectivity index (χ1v) is 7.54. The van der Waals surface area contributed by atoms with Crippen molar-refractivity contribution in [2.45, 2.75) is 19.8 Å². The van der Waals surface area contributed by atoms with Gasteiger partial charge in [-0.05, 0) is 25.0 Å². The van der Waals surface area contributed by atoms with Crippen LogP contribution in [-0.4, -0.2) is 31.2 Å². The summed E-state index contributed by atoms with van der Waals surface area (Å²) >= 11 is 1.87. The molecule has 18 heavy (non-hydrogen) atoms. The first kappa shape index (κ1) is 11.9. The van der Waals surface area contributed by atoms with Crippen molar-refractivity contribution >= 4 is 27.2 Å². The molecule has 1 aromatic heterocycles. The summed E-state index contributed by atoms with van der Waals surface area (Å²) in [6, 6.07) is 6.51. The Morgan fingerprint density at radius 1 is 1.33 bits per heavy atom. The second-order valence-corrected chi connectivity index (χ2v) is 5.80. The van der Waals surface area contributed by atoms with Crippen LogP contribution >= 0.6 is 11.3 Å². The molecule has 3 nitrogen and oxygen atoms in total. The van der Waals surface area contributed by atoms with Crippen LogP contribution in [-0.2, 0) is 6.42 Å². The van der Waals surface area contributed by atoms with Crippen molar-refractivity contribution in [2.75, 3.05) is 31.1 Å². The number of fused-ring (bicyclic) bond motifs is 1. The standard InChI is InChI=1S/C14H19N3S/c1-2-4-13-16-11-5-3-6-12(14(11)18-13)17-9-7-15-8-10-17/h3,5-6,15H,2,4,7-10H2,1H3. The maximum atomic E-state index is 4.73. The van der Waals surface area contributed by atoms with E-state index in [-0.39, 0.29) is 0 Å². The van der Waals surface area contributed by atoms with Gasteiger partial charge in [-0.1, -0.05) is 13.0 Å². The third-order valence-electron chi connectivity index (χ3n) is 3.36. The summed E-state index contributed by atoms with van der Waals surface area (Å²) in [6.45, 7) is 6.57. The van der Waals surface area contributed by atoms with E-state index >= 15 is 0 Å². The van der Waals surface area contributed by atoms with E-state index in [1.54, 1.807) is 0 Å². The van der Waals surface area contributed by atoms with E-state index in [0.29, 0.717) is 0 Å². The molecule has 0 aliphatic carbocycles. The maximum Gasteiger partial charge on any atom is 0.0939 e. The number of rotatable bonds is 3. The van der Waals surface area contributed by atoms with E-state index in [1.807, 2.05) is 11.3 Å². The van der Waals surface area contributed by atoms with Gasteiger partial charge in [-0.3, -0.25) is 0 Å². The summed E-state index contributed by atoms with van der Waals surface area (Å²) in [4.78, 5) is 7.21. The van der Waals surface area contributed by atoms with Gasteiger partial charge >= 0.3 is 0 Å². The molecule has 2 heterocycles. The lowest BCUT2D eigenvalue weighted by molar-refractivity contribution is 0.590. The van der Waals surface area contributed by atoms with Crippen LogP contribution in [0.3, 0.4) is 0 Å². The van der Waals surface area contributed by atoms with Gasteiger partial charge in [0.15, 0.2) is 0 Å². The normalized spacial score (nSPS) is 16.4. The summed E-state index contributed by atoms with van der Waals surface area (Å²) in [5.74, 6) is 0. The molecule has 1 N–H and O–H groups in total. The number of hydrogen-bond acceptors (Lipinski definition) is 4. The average molecular weight is 261 g/mol. The highest BCUT2D eigenvalue weighted by atomic mass is 32.1. The summed E-state index contributed by atoms with van der Waals surface area (Å²) in [7, 11) is 0. The quantitative estimate of drug-likeness (QED) is 0.920. The Balaban J connectivity index is 1.99. The molecular formula is C14H19N3S. The highest BCUT2D eigenvalue weighted by Crippen LogP contribution is 2.32. The molecule has 1 aliphatic heterocycles. The highest BCUT2D eigenvalue weighted by Gasteiger charge is 2.15. The first-order valence-electron chi connectivity index (χ1n) is 6.72. The smallest absolute Gasteiger partial charge is 0.0939 e. The lowest BCUT2D eigenvalue weighted by Gasteiger charge is -2.29. The number of aromatic nitrogens is 1. The lowest BCUT2D eigenvalue weighted by atomic mass is 10.2. The van der Waals surface area contributed by atoms with E-state index < -0.39 is 0 Å². The third-order valence-corrected chi connectivity index (χ3v) is 4.51. The molecule has 96 valence electrons. The fraction of sp³-hybridized carbons (Fsp3) is 0.500. The van der Waals surface area contributed by atoms with Crippen molar-refractivity contribution in [3.8, 4) is 0 Å². The van der Waals surface area contributed by atoms with Crippen molar-refractivity contribution in [3.63, 3.8) is 0 Å². The number of hydrogen-bond donors (Lipinski definition) is 1. The number of anilines is 1. The van der Waals surface area contributed by atoms with E-state index in [1.165, 1.54) is 27.3 Å². The molecule has 0 saturated carbocycles. The fourth-order valence-corrected chi connectivity index (χ4v) is 3.66. The van der Waals surface area contributed by atoms with Gasteiger partial charge in [-0.25, -0.2) is 4.98 Å². The number of nitrogens with zero attached hydrogens (tertiary/aromatic N) is 2. The minimum atomic E-state index is 1.08. The molecular weight excluding hydrogens is 242 g/mol. The van der Waals surface area contributed by atoms with Gasteiger partial charge in [0.05, 0.1) is 20.9 Å². The summed E-state index contributed by atoms with van der Waals surface area (Å²) in [6.07, 6.45) is 2.27. The van der Waals surface area contributed by atoms with Gasteiger partial charge in [0.25, 0.3) is 0 Å². The molecule has 4 heteroatoms. The molecule has 1 aromatic carbocycles. The van der Waals surface area contributed by atoms with Crippen LogP contribution in [0.4, 0.5) is 5.69 Å². The minimum absolute atomic E-state index is 1.08. The number of nitrogens with one attached hydrogen (secondary N) is 1. The Kier molecular flexibility index (Phi) is 3.48. The zero-order chi connectivity index (χ0) is 12.4. The van der Waals surface area contributed by atoms with Crippen LogP contribution in [0, 0.1) is 0 Å². The average Bonchev–Trinajstić information content (AvgIpc) is 2.82. The van der Waals surface area contributed by atoms with Crippen LogP contribution in [0.5, 0.6) is 0 Å². The highest BCUT2D eigenvalue weighted by molar-refractivity contribution is 7.19. The van der Waals surface area contributed by atoms with Crippen molar-refractivity contribution in [1.29, 1.82) is 0 Å². The molecule has 0 spiro atoms. The van der Waals surface area contributed by atoms with Gasteiger partial charge < -0.3 is 10.2 Å². The maximum absolute atomic E-state index is 4.73. The second kappa shape index (κ2) is 5.24.